The number of amides is 1. The lowest BCUT2D eigenvalue weighted by Gasteiger charge is -2.21. The molecule has 1 unspecified atom stereocenters. The van der Waals surface area contributed by atoms with Crippen LogP contribution in [-0.4, -0.2) is 31.1 Å². The van der Waals surface area contributed by atoms with Gasteiger partial charge in [0.1, 0.15) is 0 Å². The van der Waals surface area contributed by atoms with Crippen molar-refractivity contribution in [3.63, 3.8) is 0 Å². The van der Waals surface area contributed by atoms with Gasteiger partial charge < -0.3 is 5.32 Å². The molecular weight excluding hydrogens is 247 g/mol. The fraction of sp³-hybridized carbons (Fsp3) is 0.364. The summed E-state index contributed by atoms with van der Waals surface area (Å²) >= 11 is 11.7. The molecule has 88 valence electrons. The smallest absolute Gasteiger partial charge is 0.254 e. The predicted octanol–water partition coefficient (Wildman–Crippen LogP) is 2.63. The second-order valence-electron chi connectivity index (χ2n) is 3.74. The summed E-state index contributed by atoms with van der Waals surface area (Å²) in [6.07, 6.45) is -0.0563. The van der Waals surface area contributed by atoms with Gasteiger partial charge in [0.2, 0.25) is 0 Å². The minimum atomic E-state index is -0.206. The number of nitrogens with one attached hydrogen (secondary N) is 1. The summed E-state index contributed by atoms with van der Waals surface area (Å²) < 4.78 is 0. The van der Waals surface area contributed by atoms with Crippen molar-refractivity contribution < 1.29 is 4.79 Å². The minimum absolute atomic E-state index is 0.0563. The summed E-state index contributed by atoms with van der Waals surface area (Å²) in [5.74, 6) is -0.206. The Hall–Kier alpha value is -0.770. The van der Waals surface area contributed by atoms with E-state index in [0.29, 0.717) is 15.6 Å². The normalized spacial score (nSPS) is 12.6. The summed E-state index contributed by atoms with van der Waals surface area (Å²) in [6.45, 7) is 1.89. The van der Waals surface area contributed by atoms with Crippen molar-refractivity contribution in [2.45, 2.75) is 13.1 Å². The van der Waals surface area contributed by atoms with E-state index in [1.165, 1.54) is 0 Å². The topological polar surface area (TPSA) is 32.3 Å². The van der Waals surface area contributed by atoms with Crippen LogP contribution in [0.2, 0.25) is 10.0 Å². The Bertz CT molecular complexity index is 394. The molecule has 0 bridgehead atoms. The third-order valence-electron chi connectivity index (χ3n) is 2.29. The van der Waals surface area contributed by atoms with E-state index in [1.807, 2.05) is 25.9 Å². The van der Waals surface area contributed by atoms with Crippen LogP contribution in [0.15, 0.2) is 18.2 Å². The number of halogens is 2. The Labute approximate surface area is 105 Å². The van der Waals surface area contributed by atoms with Crippen molar-refractivity contribution in [3.05, 3.63) is 33.8 Å². The molecule has 1 N–H and O–H groups in total. The third-order valence-corrected chi connectivity index (χ3v) is 2.84. The van der Waals surface area contributed by atoms with Crippen LogP contribution < -0.4 is 5.32 Å². The quantitative estimate of drug-likeness (QED) is 0.848. The molecule has 5 heteroatoms. The van der Waals surface area contributed by atoms with Crippen LogP contribution in [0.1, 0.15) is 17.3 Å². The molecule has 0 saturated carbocycles. The van der Waals surface area contributed by atoms with Gasteiger partial charge in [-0.3, -0.25) is 9.69 Å². The second-order valence-corrected chi connectivity index (χ2v) is 4.58. The summed E-state index contributed by atoms with van der Waals surface area (Å²) in [6, 6.07) is 4.81. The van der Waals surface area contributed by atoms with Gasteiger partial charge in [0, 0.05) is 5.02 Å². The average molecular weight is 261 g/mol. The van der Waals surface area contributed by atoms with Crippen LogP contribution >= 0.6 is 23.2 Å². The third kappa shape index (κ3) is 3.37. The molecule has 0 fully saturated rings. The molecule has 1 aromatic carbocycles. The van der Waals surface area contributed by atoms with E-state index in [0.717, 1.165) is 0 Å². The monoisotopic (exact) mass is 260 g/mol. The molecule has 0 aromatic heterocycles. The maximum Gasteiger partial charge on any atom is 0.254 e. The molecule has 0 saturated heterocycles. The van der Waals surface area contributed by atoms with Crippen LogP contribution in [0, 0.1) is 0 Å². The lowest BCUT2D eigenvalue weighted by Crippen LogP contribution is -2.42. The number of carbonyl (C=O) groups is 1. The van der Waals surface area contributed by atoms with Crippen LogP contribution in [0.3, 0.4) is 0 Å². The Morgan fingerprint density at radius 3 is 2.50 bits per heavy atom. The van der Waals surface area contributed by atoms with E-state index in [2.05, 4.69) is 5.32 Å². The second kappa shape index (κ2) is 5.53. The highest BCUT2D eigenvalue weighted by molar-refractivity contribution is 6.36. The molecule has 0 aliphatic rings. The van der Waals surface area contributed by atoms with Gasteiger partial charge in [-0.05, 0) is 39.2 Å². The fourth-order valence-electron chi connectivity index (χ4n) is 1.07. The number of nitrogens with zero attached hydrogens (tertiary/aromatic N) is 1. The van der Waals surface area contributed by atoms with E-state index >= 15 is 0 Å². The molecule has 3 nitrogen and oxygen atoms in total. The summed E-state index contributed by atoms with van der Waals surface area (Å²) in [5.41, 5.74) is 0.430. The first-order valence-corrected chi connectivity index (χ1v) is 5.59. The maximum absolute atomic E-state index is 11.8. The summed E-state index contributed by atoms with van der Waals surface area (Å²) in [4.78, 5) is 13.7. The van der Waals surface area contributed by atoms with Gasteiger partial charge in [0.25, 0.3) is 5.91 Å². The van der Waals surface area contributed by atoms with E-state index in [1.54, 1.807) is 18.2 Å². The van der Waals surface area contributed by atoms with Crippen molar-refractivity contribution in [1.82, 2.24) is 10.2 Å². The lowest BCUT2D eigenvalue weighted by atomic mass is 10.2. The standard InChI is InChI=1S/C11H14Cl2N2O/c1-7(15(2)3)14-11(16)9-5-4-8(12)6-10(9)13/h4-7H,1-3H3,(H,14,16). The van der Waals surface area contributed by atoms with Crippen LogP contribution in [0.4, 0.5) is 0 Å². The van der Waals surface area contributed by atoms with Crippen LogP contribution in [0.25, 0.3) is 0 Å². The molecule has 0 radical (unpaired) electrons. The fourth-order valence-corrected chi connectivity index (χ4v) is 1.56. The molecule has 0 aliphatic heterocycles. The van der Waals surface area contributed by atoms with E-state index in [9.17, 15) is 4.79 Å². The highest BCUT2D eigenvalue weighted by atomic mass is 35.5. The van der Waals surface area contributed by atoms with Crippen molar-refractivity contribution in [3.8, 4) is 0 Å². The zero-order valence-corrected chi connectivity index (χ0v) is 10.9. The average Bonchev–Trinajstić information content (AvgIpc) is 2.16. The van der Waals surface area contributed by atoms with Crippen molar-refractivity contribution in [1.29, 1.82) is 0 Å². The number of hydrogen-bond donors (Lipinski definition) is 1. The SMILES string of the molecule is CC(NC(=O)c1ccc(Cl)cc1Cl)N(C)C. The molecule has 0 spiro atoms. The first kappa shape index (κ1) is 13.3. The van der Waals surface area contributed by atoms with E-state index in [-0.39, 0.29) is 12.1 Å². The number of carbonyl (C=O) groups excluding carboxylic acids is 1. The van der Waals surface area contributed by atoms with Gasteiger partial charge >= 0.3 is 0 Å². The molecule has 0 aliphatic carbocycles. The van der Waals surface area contributed by atoms with Crippen molar-refractivity contribution in [2.75, 3.05) is 14.1 Å². The summed E-state index contributed by atoms with van der Waals surface area (Å²) in [7, 11) is 3.77. The van der Waals surface area contributed by atoms with Crippen molar-refractivity contribution in [2.24, 2.45) is 0 Å². The zero-order valence-electron chi connectivity index (χ0n) is 9.42. The summed E-state index contributed by atoms with van der Waals surface area (Å²) in [5, 5.41) is 3.69. The zero-order chi connectivity index (χ0) is 12.3. The van der Waals surface area contributed by atoms with Gasteiger partial charge in [0.15, 0.2) is 0 Å². The van der Waals surface area contributed by atoms with Crippen LogP contribution in [0.5, 0.6) is 0 Å². The number of rotatable bonds is 3. The highest BCUT2D eigenvalue weighted by Gasteiger charge is 2.13. The van der Waals surface area contributed by atoms with Gasteiger partial charge in [-0.25, -0.2) is 0 Å². The molecule has 0 heterocycles. The first-order chi connectivity index (χ1) is 7.41. The Morgan fingerprint density at radius 2 is 2.00 bits per heavy atom. The minimum Gasteiger partial charge on any atom is -0.337 e. The predicted molar refractivity (Wildman–Crippen MR) is 67.1 cm³/mol. The largest absolute Gasteiger partial charge is 0.337 e. The first-order valence-electron chi connectivity index (χ1n) is 4.84. The Balaban J connectivity index is 2.81. The Kier molecular flexibility index (Phi) is 4.59. The Morgan fingerprint density at radius 1 is 1.38 bits per heavy atom. The molecule has 16 heavy (non-hydrogen) atoms. The van der Waals surface area contributed by atoms with Gasteiger partial charge in [0.05, 0.1) is 16.8 Å². The van der Waals surface area contributed by atoms with Gasteiger partial charge in [-0.2, -0.15) is 0 Å². The van der Waals surface area contributed by atoms with Gasteiger partial charge in [-0.15, -0.1) is 0 Å². The van der Waals surface area contributed by atoms with Gasteiger partial charge in [-0.1, -0.05) is 23.2 Å². The molecule has 1 rings (SSSR count). The molecule has 1 aromatic rings. The number of benzene rings is 1. The molecule has 1 atom stereocenters. The number of hydrogen-bond acceptors (Lipinski definition) is 2. The van der Waals surface area contributed by atoms with E-state index in [4.69, 9.17) is 23.2 Å². The lowest BCUT2D eigenvalue weighted by molar-refractivity contribution is 0.0900. The molecule has 1 amide bonds. The maximum atomic E-state index is 11.8. The van der Waals surface area contributed by atoms with Crippen LogP contribution in [-0.2, 0) is 0 Å². The highest BCUT2D eigenvalue weighted by Crippen LogP contribution is 2.20. The van der Waals surface area contributed by atoms with E-state index < -0.39 is 0 Å². The molecular formula is C11H14Cl2N2O. The van der Waals surface area contributed by atoms with Crippen molar-refractivity contribution >= 4 is 29.1 Å².